The van der Waals surface area contributed by atoms with Crippen molar-refractivity contribution in [2.75, 3.05) is 0 Å². The third kappa shape index (κ3) is 3.25. The average molecular weight is 467 g/mol. The summed E-state index contributed by atoms with van der Waals surface area (Å²) in [7, 11) is 0. The van der Waals surface area contributed by atoms with Crippen LogP contribution in [0.3, 0.4) is 0 Å². The Balaban J connectivity index is 1.48. The molecule has 6 heteroatoms. The Labute approximate surface area is 184 Å². The summed E-state index contributed by atoms with van der Waals surface area (Å²) in [6.07, 6.45) is 9.55. The summed E-state index contributed by atoms with van der Waals surface area (Å²) in [6.45, 7) is 7.06. The summed E-state index contributed by atoms with van der Waals surface area (Å²) >= 11 is 3.49. The van der Waals surface area contributed by atoms with Crippen LogP contribution in [0.5, 0.6) is 0 Å². The first-order chi connectivity index (χ1) is 14.3. The van der Waals surface area contributed by atoms with Gasteiger partial charge in [0.25, 0.3) is 5.56 Å². The van der Waals surface area contributed by atoms with Crippen LogP contribution in [0, 0.1) is 17.3 Å². The lowest BCUT2D eigenvalue weighted by atomic mass is 9.63. The lowest BCUT2D eigenvalue weighted by molar-refractivity contribution is 0.295. The van der Waals surface area contributed by atoms with Crippen molar-refractivity contribution in [2.24, 2.45) is 22.4 Å². The molecule has 30 heavy (non-hydrogen) atoms. The first-order valence-corrected chi connectivity index (χ1v) is 11.6. The van der Waals surface area contributed by atoms with E-state index in [0.717, 1.165) is 28.2 Å². The van der Waals surface area contributed by atoms with E-state index in [-0.39, 0.29) is 11.0 Å². The third-order valence-electron chi connectivity index (χ3n) is 7.10. The normalized spacial score (nSPS) is 24.1. The van der Waals surface area contributed by atoms with E-state index in [0.29, 0.717) is 22.9 Å². The van der Waals surface area contributed by atoms with Crippen molar-refractivity contribution in [2.45, 2.75) is 52.9 Å². The number of nitrogens with zero attached hydrogens (tertiary/aromatic N) is 3. The molecule has 1 N–H and O–H groups in total. The monoisotopic (exact) mass is 466 g/mol. The van der Waals surface area contributed by atoms with Crippen molar-refractivity contribution in [3.05, 3.63) is 50.5 Å². The molecule has 2 aliphatic rings. The Morgan fingerprint density at radius 1 is 1.33 bits per heavy atom. The fraction of sp³-hybridized carbons (Fsp3) is 0.458. The molecule has 156 valence electrons. The van der Waals surface area contributed by atoms with Gasteiger partial charge in [0.2, 0.25) is 0 Å². The van der Waals surface area contributed by atoms with E-state index in [1.54, 1.807) is 11.1 Å². The Hall–Kier alpha value is -2.21. The van der Waals surface area contributed by atoms with Gasteiger partial charge in [0.1, 0.15) is 17.4 Å². The Kier molecular flexibility index (Phi) is 4.73. The Morgan fingerprint density at radius 3 is 3.00 bits per heavy atom. The highest BCUT2D eigenvalue weighted by atomic mass is 79.9. The molecule has 3 aromatic rings. The van der Waals surface area contributed by atoms with E-state index >= 15 is 0 Å². The van der Waals surface area contributed by atoms with Crippen LogP contribution < -0.4 is 5.56 Å². The quantitative estimate of drug-likeness (QED) is 0.370. The van der Waals surface area contributed by atoms with Crippen molar-refractivity contribution in [3.8, 4) is 0 Å². The van der Waals surface area contributed by atoms with Crippen LogP contribution in [-0.2, 0) is 0 Å². The van der Waals surface area contributed by atoms with Gasteiger partial charge in [-0.2, -0.15) is 9.78 Å². The van der Waals surface area contributed by atoms with Crippen LogP contribution in [0.4, 0.5) is 0 Å². The van der Waals surface area contributed by atoms with Crippen molar-refractivity contribution < 1.29 is 0 Å². The molecule has 0 spiro atoms. The maximum Gasteiger partial charge on any atom is 0.298 e. The van der Waals surface area contributed by atoms with Crippen LogP contribution in [-0.4, -0.2) is 20.9 Å². The zero-order valence-electron chi connectivity index (χ0n) is 17.7. The molecule has 2 unspecified atom stereocenters. The van der Waals surface area contributed by atoms with Gasteiger partial charge in [-0.25, -0.2) is 4.98 Å². The number of hydrogen-bond acceptors (Lipinski definition) is 3. The second-order valence-corrected chi connectivity index (χ2v) is 10.5. The van der Waals surface area contributed by atoms with Crippen molar-refractivity contribution in [3.63, 3.8) is 0 Å². The number of hydrogen-bond donors (Lipinski definition) is 1. The lowest BCUT2D eigenvalue weighted by Crippen LogP contribution is -2.30. The molecule has 0 bridgehead atoms. The molecule has 2 aromatic heterocycles. The molecule has 0 amide bonds. The molecule has 2 heterocycles. The fourth-order valence-electron chi connectivity index (χ4n) is 5.30. The third-order valence-corrected chi connectivity index (χ3v) is 7.59. The summed E-state index contributed by atoms with van der Waals surface area (Å²) in [5, 5.41) is 5.51. The number of nitrogens with one attached hydrogen (secondary N) is 1. The Morgan fingerprint density at radius 2 is 2.17 bits per heavy atom. The van der Waals surface area contributed by atoms with Crippen molar-refractivity contribution in [1.29, 1.82) is 0 Å². The molecule has 0 saturated carbocycles. The second-order valence-electron chi connectivity index (χ2n) is 9.57. The molecule has 1 aromatic carbocycles. The fourth-order valence-corrected chi connectivity index (χ4v) is 5.67. The van der Waals surface area contributed by atoms with Gasteiger partial charge in [0.15, 0.2) is 0 Å². The topological polar surface area (TPSA) is 63.0 Å². The van der Waals surface area contributed by atoms with Crippen LogP contribution >= 0.6 is 15.9 Å². The summed E-state index contributed by atoms with van der Waals surface area (Å²) in [6, 6.07) is 5.89. The first-order valence-electron chi connectivity index (χ1n) is 10.8. The van der Waals surface area contributed by atoms with E-state index < -0.39 is 0 Å². The highest BCUT2D eigenvalue weighted by Crippen LogP contribution is 2.48. The molecule has 0 aliphatic heterocycles. The Bertz CT molecular complexity index is 1260. The lowest BCUT2D eigenvalue weighted by Gasteiger charge is -2.42. The van der Waals surface area contributed by atoms with E-state index in [1.807, 2.05) is 24.4 Å². The summed E-state index contributed by atoms with van der Waals surface area (Å²) in [4.78, 5) is 20.8. The molecule has 0 saturated heterocycles. The number of aromatic amines is 1. The summed E-state index contributed by atoms with van der Waals surface area (Å²) < 4.78 is 2.33. The highest BCUT2D eigenvalue weighted by molar-refractivity contribution is 9.10. The SMILES string of the molecule is CC1CC2=C(CC1C=Nn1cnc3c([nH]c4ccc(Br)cc43)c1=O)C(C)(C)CCC2. The summed E-state index contributed by atoms with van der Waals surface area (Å²) in [5.74, 6) is 0.890. The van der Waals surface area contributed by atoms with Gasteiger partial charge in [0, 0.05) is 27.5 Å². The number of fused-ring (bicyclic) bond motifs is 3. The first kappa shape index (κ1) is 19.7. The number of allylic oxidation sites excluding steroid dienone is 2. The molecule has 0 fully saturated rings. The van der Waals surface area contributed by atoms with Gasteiger partial charge >= 0.3 is 0 Å². The minimum atomic E-state index is -0.162. The largest absolute Gasteiger partial charge is 0.349 e. The van der Waals surface area contributed by atoms with Gasteiger partial charge in [-0.15, -0.1) is 0 Å². The van der Waals surface area contributed by atoms with E-state index in [4.69, 9.17) is 0 Å². The van der Waals surface area contributed by atoms with Crippen LogP contribution in [0.2, 0.25) is 0 Å². The molecule has 2 aliphatic carbocycles. The number of aromatic nitrogens is 3. The van der Waals surface area contributed by atoms with E-state index in [1.165, 1.54) is 30.3 Å². The minimum Gasteiger partial charge on any atom is -0.349 e. The van der Waals surface area contributed by atoms with Gasteiger partial charge in [0.05, 0.1) is 0 Å². The van der Waals surface area contributed by atoms with Crippen molar-refractivity contribution in [1.82, 2.24) is 14.6 Å². The number of H-pyrrole nitrogens is 1. The van der Waals surface area contributed by atoms with Gasteiger partial charge < -0.3 is 4.98 Å². The molecule has 5 rings (SSSR count). The number of rotatable bonds is 2. The number of benzene rings is 1. The predicted octanol–water partition coefficient (Wildman–Crippen LogP) is 6.03. The molecule has 2 atom stereocenters. The maximum atomic E-state index is 13.0. The minimum absolute atomic E-state index is 0.162. The van der Waals surface area contributed by atoms with E-state index in [9.17, 15) is 4.79 Å². The highest BCUT2D eigenvalue weighted by Gasteiger charge is 2.36. The molecule has 5 nitrogen and oxygen atoms in total. The maximum absolute atomic E-state index is 13.0. The second kappa shape index (κ2) is 7.19. The smallest absolute Gasteiger partial charge is 0.298 e. The van der Waals surface area contributed by atoms with Crippen LogP contribution in [0.15, 0.2) is 50.0 Å². The van der Waals surface area contributed by atoms with Gasteiger partial charge in [-0.3, -0.25) is 4.79 Å². The van der Waals surface area contributed by atoms with Gasteiger partial charge in [-0.05, 0) is 61.6 Å². The zero-order chi connectivity index (χ0) is 21.0. The standard InChI is InChI=1S/C24H27BrN4O/c1-14-9-15-5-4-8-24(2,3)19(15)10-16(14)12-27-29-13-26-21-18-11-17(25)6-7-20(18)28-22(21)23(29)30/h6-7,11-14,16,28H,4-5,8-10H2,1-3H3. The zero-order valence-corrected chi connectivity index (χ0v) is 19.3. The van der Waals surface area contributed by atoms with Gasteiger partial charge in [-0.1, -0.05) is 47.8 Å². The summed E-state index contributed by atoms with van der Waals surface area (Å²) in [5.41, 5.74) is 5.52. The van der Waals surface area contributed by atoms with Crippen molar-refractivity contribution >= 4 is 44.1 Å². The van der Waals surface area contributed by atoms with Crippen LogP contribution in [0.1, 0.15) is 52.9 Å². The molecule has 0 radical (unpaired) electrons. The predicted molar refractivity (Wildman–Crippen MR) is 126 cm³/mol. The molecular formula is C24H27BrN4O. The number of halogens is 1. The van der Waals surface area contributed by atoms with Crippen LogP contribution in [0.25, 0.3) is 21.9 Å². The molecular weight excluding hydrogens is 440 g/mol. The average Bonchev–Trinajstić information content (AvgIpc) is 3.06. The van der Waals surface area contributed by atoms with E-state index in [2.05, 4.69) is 51.8 Å².